The number of fused-ring (bicyclic) bond motifs is 1. The molecule has 0 aliphatic rings. The number of oxazole rings is 1. The number of para-hydroxylation sites is 2. The van der Waals surface area contributed by atoms with E-state index in [4.69, 9.17) is 9.15 Å². The van der Waals surface area contributed by atoms with Gasteiger partial charge < -0.3 is 19.5 Å². The van der Waals surface area contributed by atoms with E-state index in [1.54, 1.807) is 32.9 Å². The lowest BCUT2D eigenvalue weighted by Crippen LogP contribution is -2.14. The predicted molar refractivity (Wildman–Crippen MR) is 114 cm³/mol. The highest BCUT2D eigenvalue weighted by molar-refractivity contribution is 6.06. The molecule has 0 fully saturated rings. The van der Waals surface area contributed by atoms with Gasteiger partial charge in [-0.25, -0.2) is 9.78 Å². The number of rotatable bonds is 5. The molecule has 0 unspecified atom stereocenters. The normalized spacial score (nSPS) is 10.9. The molecule has 4 rings (SSSR count). The third-order valence-electron chi connectivity index (χ3n) is 4.83. The van der Waals surface area contributed by atoms with Gasteiger partial charge in [0.2, 0.25) is 5.89 Å². The first-order valence-electron chi connectivity index (χ1n) is 9.61. The summed E-state index contributed by atoms with van der Waals surface area (Å²) in [5.74, 6) is -0.254. The number of hydrogen-bond donors (Lipinski definition) is 2. The van der Waals surface area contributed by atoms with Crippen LogP contribution in [0.2, 0.25) is 0 Å². The lowest BCUT2D eigenvalue weighted by atomic mass is 10.1. The second-order valence-corrected chi connectivity index (χ2v) is 6.86. The fourth-order valence-electron chi connectivity index (χ4n) is 3.37. The first-order valence-corrected chi connectivity index (χ1v) is 9.61. The molecule has 0 saturated carbocycles. The van der Waals surface area contributed by atoms with Crippen molar-refractivity contribution < 1.29 is 18.7 Å². The van der Waals surface area contributed by atoms with Crippen molar-refractivity contribution in [2.24, 2.45) is 0 Å². The molecule has 7 heteroatoms. The summed E-state index contributed by atoms with van der Waals surface area (Å²) < 4.78 is 10.8. The number of nitrogens with one attached hydrogen (secondary N) is 2. The Hall–Kier alpha value is -3.87. The summed E-state index contributed by atoms with van der Waals surface area (Å²) in [6.07, 6.45) is 0. The van der Waals surface area contributed by atoms with Gasteiger partial charge in [-0.2, -0.15) is 0 Å². The smallest absolute Gasteiger partial charge is 0.340 e. The van der Waals surface area contributed by atoms with Crippen LogP contribution in [0.25, 0.3) is 22.6 Å². The topological polar surface area (TPSA) is 97.2 Å². The van der Waals surface area contributed by atoms with E-state index >= 15 is 0 Å². The second kappa shape index (κ2) is 7.87. The maximum atomic E-state index is 12.7. The largest absolute Gasteiger partial charge is 0.462 e. The van der Waals surface area contributed by atoms with E-state index in [2.05, 4.69) is 15.3 Å². The van der Waals surface area contributed by atoms with Gasteiger partial charge in [-0.15, -0.1) is 0 Å². The van der Waals surface area contributed by atoms with Crippen molar-refractivity contribution in [1.29, 1.82) is 0 Å². The van der Waals surface area contributed by atoms with Gasteiger partial charge in [0.25, 0.3) is 5.91 Å². The molecular formula is C23H21N3O4. The fourth-order valence-corrected chi connectivity index (χ4v) is 3.37. The third kappa shape index (κ3) is 3.57. The first-order chi connectivity index (χ1) is 14.5. The molecular weight excluding hydrogens is 382 g/mol. The third-order valence-corrected chi connectivity index (χ3v) is 4.83. The lowest BCUT2D eigenvalue weighted by molar-refractivity contribution is 0.0525. The van der Waals surface area contributed by atoms with Crippen molar-refractivity contribution in [2.75, 3.05) is 11.9 Å². The van der Waals surface area contributed by atoms with Gasteiger partial charge in [-0.1, -0.05) is 12.1 Å². The summed E-state index contributed by atoms with van der Waals surface area (Å²) in [7, 11) is 0. The van der Waals surface area contributed by atoms with E-state index < -0.39 is 5.97 Å². The van der Waals surface area contributed by atoms with Crippen LogP contribution in [-0.2, 0) is 4.74 Å². The van der Waals surface area contributed by atoms with Crippen LogP contribution in [0.3, 0.4) is 0 Å². The van der Waals surface area contributed by atoms with E-state index in [9.17, 15) is 9.59 Å². The van der Waals surface area contributed by atoms with Gasteiger partial charge in [0.05, 0.1) is 12.2 Å². The molecule has 0 aliphatic heterocycles. The SMILES string of the molecule is CCOC(=O)c1c(C)[nH]c(C(=O)Nc2ccc(-c3nc4ccccc4o3)cc2)c1C. The molecule has 0 aliphatic carbocycles. The quantitative estimate of drug-likeness (QED) is 0.464. The van der Waals surface area contributed by atoms with E-state index in [1.165, 1.54) is 0 Å². The molecule has 30 heavy (non-hydrogen) atoms. The van der Waals surface area contributed by atoms with E-state index in [-0.39, 0.29) is 12.5 Å². The molecule has 2 N–H and O–H groups in total. The minimum atomic E-state index is -0.439. The van der Waals surface area contributed by atoms with Crippen LogP contribution >= 0.6 is 0 Å². The standard InChI is InChI=1S/C23H21N3O4/c1-4-29-23(28)19-13(2)20(24-14(19)3)21(27)25-16-11-9-15(10-12-16)22-26-17-7-5-6-8-18(17)30-22/h5-12,24H,4H2,1-3H3,(H,25,27). The minimum absolute atomic E-state index is 0.275. The highest BCUT2D eigenvalue weighted by Gasteiger charge is 2.23. The van der Waals surface area contributed by atoms with Crippen molar-refractivity contribution >= 4 is 28.7 Å². The Kier molecular flexibility index (Phi) is 5.10. The van der Waals surface area contributed by atoms with Crippen molar-refractivity contribution in [3.8, 4) is 11.5 Å². The van der Waals surface area contributed by atoms with Crippen molar-refractivity contribution in [3.05, 3.63) is 71.0 Å². The number of carbonyl (C=O) groups excluding carboxylic acids is 2. The predicted octanol–water partition coefficient (Wildman–Crippen LogP) is 4.87. The number of aryl methyl sites for hydroxylation is 1. The highest BCUT2D eigenvalue weighted by atomic mass is 16.5. The molecule has 0 radical (unpaired) electrons. The first kappa shape index (κ1) is 19.4. The second-order valence-electron chi connectivity index (χ2n) is 6.86. The Bertz CT molecular complexity index is 1200. The van der Waals surface area contributed by atoms with E-state index in [1.807, 2.05) is 36.4 Å². The fraction of sp³-hybridized carbons (Fsp3) is 0.174. The van der Waals surface area contributed by atoms with Crippen LogP contribution in [-0.4, -0.2) is 28.5 Å². The minimum Gasteiger partial charge on any atom is -0.462 e. The summed E-state index contributed by atoms with van der Waals surface area (Å²) in [6, 6.07) is 14.8. The Balaban J connectivity index is 1.53. The van der Waals surface area contributed by atoms with Crippen molar-refractivity contribution in [3.63, 3.8) is 0 Å². The van der Waals surface area contributed by atoms with Crippen LogP contribution in [0.15, 0.2) is 52.9 Å². The number of esters is 1. The zero-order chi connectivity index (χ0) is 21.3. The molecule has 0 atom stereocenters. The average molecular weight is 403 g/mol. The van der Waals surface area contributed by atoms with Crippen molar-refractivity contribution in [2.45, 2.75) is 20.8 Å². The molecule has 4 aromatic rings. The van der Waals surface area contributed by atoms with Gasteiger partial charge in [0.1, 0.15) is 11.2 Å². The van der Waals surface area contributed by atoms with Crippen LogP contribution in [0, 0.1) is 13.8 Å². The molecule has 2 aromatic carbocycles. The average Bonchev–Trinajstić information content (AvgIpc) is 3.29. The van der Waals surface area contributed by atoms with Gasteiger partial charge >= 0.3 is 5.97 Å². The van der Waals surface area contributed by atoms with Gasteiger partial charge in [-0.05, 0) is 62.7 Å². The molecule has 1 amide bonds. The molecule has 7 nitrogen and oxygen atoms in total. The van der Waals surface area contributed by atoms with Crippen molar-refractivity contribution in [1.82, 2.24) is 9.97 Å². The molecule has 0 saturated heterocycles. The monoisotopic (exact) mass is 403 g/mol. The number of nitrogens with zero attached hydrogens (tertiary/aromatic N) is 1. The lowest BCUT2D eigenvalue weighted by Gasteiger charge is -2.06. The molecule has 152 valence electrons. The number of H-pyrrole nitrogens is 1. The molecule has 2 aromatic heterocycles. The zero-order valence-corrected chi connectivity index (χ0v) is 16.9. The summed E-state index contributed by atoms with van der Waals surface area (Å²) in [5.41, 5.74) is 4.82. The number of hydrogen-bond acceptors (Lipinski definition) is 5. The Morgan fingerprint density at radius 1 is 1.10 bits per heavy atom. The number of benzene rings is 2. The van der Waals surface area contributed by atoms with Crippen LogP contribution in [0.1, 0.15) is 39.0 Å². The van der Waals surface area contributed by atoms with E-state index in [0.29, 0.717) is 34.1 Å². The summed E-state index contributed by atoms with van der Waals surface area (Å²) >= 11 is 0. The molecule has 0 spiro atoms. The number of carbonyl (C=O) groups is 2. The Morgan fingerprint density at radius 2 is 1.83 bits per heavy atom. The summed E-state index contributed by atoms with van der Waals surface area (Å²) in [5, 5.41) is 2.84. The summed E-state index contributed by atoms with van der Waals surface area (Å²) in [6.45, 7) is 5.48. The molecule has 0 bridgehead atoms. The maximum Gasteiger partial charge on any atom is 0.340 e. The molecule has 2 heterocycles. The number of anilines is 1. The van der Waals surface area contributed by atoms with Crippen LogP contribution in [0.5, 0.6) is 0 Å². The van der Waals surface area contributed by atoms with E-state index in [0.717, 1.165) is 16.7 Å². The number of aromatic amines is 1. The summed E-state index contributed by atoms with van der Waals surface area (Å²) in [4.78, 5) is 32.3. The van der Waals surface area contributed by atoms with Gasteiger partial charge in [0.15, 0.2) is 5.58 Å². The Morgan fingerprint density at radius 3 is 2.53 bits per heavy atom. The Labute approximate surface area is 173 Å². The number of amides is 1. The van der Waals surface area contributed by atoms with Gasteiger partial charge in [-0.3, -0.25) is 4.79 Å². The van der Waals surface area contributed by atoms with Crippen LogP contribution < -0.4 is 5.32 Å². The zero-order valence-electron chi connectivity index (χ0n) is 16.9. The van der Waals surface area contributed by atoms with Crippen LogP contribution in [0.4, 0.5) is 5.69 Å². The highest BCUT2D eigenvalue weighted by Crippen LogP contribution is 2.26. The number of aromatic nitrogens is 2. The number of ether oxygens (including phenoxy) is 1. The maximum absolute atomic E-state index is 12.7. The van der Waals surface area contributed by atoms with Gasteiger partial charge in [0, 0.05) is 16.9 Å².